The standard InChI is InChI=1S/C25H33NO5/c1-16-17(2)23(28)26(22(16)27)20-8-6-18(7-9-20)11-13-29-15-30-31-25(5)12-10-19-14-21(25)24(19,3)4/h6-9,19,21H,10-15H2,1-5H3. The Balaban J connectivity index is 1.19. The molecular weight excluding hydrogens is 394 g/mol. The number of amides is 2. The number of ether oxygens (including phenoxy) is 1. The first kappa shape index (κ1) is 22.2. The van der Waals surface area contributed by atoms with Crippen LogP contribution >= 0.6 is 0 Å². The Morgan fingerprint density at radius 2 is 1.68 bits per heavy atom. The highest BCUT2D eigenvalue weighted by molar-refractivity contribution is 6.32. The van der Waals surface area contributed by atoms with E-state index in [0.29, 0.717) is 41.2 Å². The molecular formula is C25H33NO5. The highest BCUT2D eigenvalue weighted by Crippen LogP contribution is 2.63. The van der Waals surface area contributed by atoms with Crippen molar-refractivity contribution in [2.24, 2.45) is 17.3 Å². The van der Waals surface area contributed by atoms with Gasteiger partial charge in [0.2, 0.25) is 0 Å². The van der Waals surface area contributed by atoms with Crippen molar-refractivity contribution in [2.75, 3.05) is 18.3 Å². The highest BCUT2D eigenvalue weighted by Gasteiger charge is 2.60. The third-order valence-electron chi connectivity index (χ3n) is 7.92. The van der Waals surface area contributed by atoms with Gasteiger partial charge in [0, 0.05) is 11.1 Å². The van der Waals surface area contributed by atoms with Gasteiger partial charge in [0.15, 0.2) is 6.79 Å². The Morgan fingerprint density at radius 3 is 2.26 bits per heavy atom. The first-order valence-corrected chi connectivity index (χ1v) is 11.2. The van der Waals surface area contributed by atoms with Crippen LogP contribution in [0.5, 0.6) is 0 Å². The molecule has 1 aromatic rings. The number of imide groups is 1. The molecule has 168 valence electrons. The van der Waals surface area contributed by atoms with E-state index in [1.807, 2.05) is 12.1 Å². The van der Waals surface area contributed by atoms with E-state index in [4.69, 9.17) is 14.5 Å². The fraction of sp³-hybridized carbons (Fsp3) is 0.600. The second-order valence-electron chi connectivity index (χ2n) is 10.00. The van der Waals surface area contributed by atoms with E-state index < -0.39 is 0 Å². The van der Waals surface area contributed by atoms with Crippen LogP contribution in [-0.2, 0) is 30.5 Å². The maximum Gasteiger partial charge on any atom is 0.261 e. The third kappa shape index (κ3) is 3.86. The molecule has 4 aliphatic rings. The van der Waals surface area contributed by atoms with Crippen LogP contribution in [0.15, 0.2) is 35.4 Å². The van der Waals surface area contributed by atoms with Gasteiger partial charge in [-0.25, -0.2) is 14.7 Å². The van der Waals surface area contributed by atoms with E-state index >= 15 is 0 Å². The SMILES string of the molecule is CC1=C(C)C(=O)N(c2ccc(CCOCOOC3(C)CCC4CC3C4(C)C)cc2)C1=O. The molecule has 6 heteroatoms. The largest absolute Gasteiger partial charge is 0.352 e. The molecule has 3 saturated carbocycles. The lowest BCUT2D eigenvalue weighted by atomic mass is 9.44. The van der Waals surface area contributed by atoms with Gasteiger partial charge in [-0.15, -0.1) is 0 Å². The topological polar surface area (TPSA) is 65.1 Å². The minimum Gasteiger partial charge on any atom is -0.352 e. The summed E-state index contributed by atoms with van der Waals surface area (Å²) in [4.78, 5) is 37.0. The second kappa shape index (κ2) is 8.15. The Morgan fingerprint density at radius 1 is 1.03 bits per heavy atom. The summed E-state index contributed by atoms with van der Waals surface area (Å²) in [5, 5.41) is 0. The van der Waals surface area contributed by atoms with Crippen LogP contribution in [0.4, 0.5) is 5.69 Å². The second-order valence-corrected chi connectivity index (χ2v) is 10.00. The zero-order valence-electron chi connectivity index (χ0n) is 19.2. The number of rotatable bonds is 8. The minimum absolute atomic E-state index is 0.102. The van der Waals surface area contributed by atoms with Gasteiger partial charge < -0.3 is 4.74 Å². The molecule has 2 amide bonds. The Kier molecular flexibility index (Phi) is 5.83. The summed E-state index contributed by atoms with van der Waals surface area (Å²) < 4.78 is 5.59. The fourth-order valence-electron chi connectivity index (χ4n) is 5.51. The summed E-state index contributed by atoms with van der Waals surface area (Å²) in [5.74, 6) is 0.864. The normalized spacial score (nSPS) is 29.5. The molecule has 0 radical (unpaired) electrons. The minimum atomic E-state index is -0.247. The van der Waals surface area contributed by atoms with Gasteiger partial charge in [0.25, 0.3) is 11.8 Å². The molecule has 0 spiro atoms. The summed E-state index contributed by atoms with van der Waals surface area (Å²) >= 11 is 0. The first-order chi connectivity index (χ1) is 14.6. The Hall–Kier alpha value is -2.02. The summed E-state index contributed by atoms with van der Waals surface area (Å²) in [6.45, 7) is 10.8. The molecule has 0 N–H and O–H groups in total. The van der Waals surface area contributed by atoms with Crippen LogP contribution in [0.3, 0.4) is 0 Å². The average Bonchev–Trinajstić information content (AvgIpc) is 2.93. The van der Waals surface area contributed by atoms with E-state index in [1.165, 1.54) is 17.7 Å². The van der Waals surface area contributed by atoms with Crippen LogP contribution < -0.4 is 4.90 Å². The van der Waals surface area contributed by atoms with Crippen molar-refractivity contribution in [3.05, 3.63) is 41.0 Å². The van der Waals surface area contributed by atoms with E-state index in [0.717, 1.165) is 17.9 Å². The molecule has 0 aromatic heterocycles. The fourth-order valence-corrected chi connectivity index (χ4v) is 5.51. The average molecular weight is 428 g/mol. The third-order valence-corrected chi connectivity index (χ3v) is 7.92. The van der Waals surface area contributed by atoms with Gasteiger partial charge >= 0.3 is 0 Å². The number of benzene rings is 1. The summed E-state index contributed by atoms with van der Waals surface area (Å²) in [6.07, 6.45) is 4.17. The van der Waals surface area contributed by atoms with Crippen LogP contribution in [0.2, 0.25) is 0 Å². The quantitative estimate of drug-likeness (QED) is 0.200. The van der Waals surface area contributed by atoms with Crippen LogP contribution in [0, 0.1) is 17.3 Å². The number of hydrogen-bond acceptors (Lipinski definition) is 5. The van der Waals surface area contributed by atoms with Gasteiger partial charge in [0.1, 0.15) is 5.60 Å². The van der Waals surface area contributed by atoms with E-state index in [9.17, 15) is 9.59 Å². The van der Waals surface area contributed by atoms with Crippen molar-refractivity contribution in [1.29, 1.82) is 0 Å². The lowest BCUT2D eigenvalue weighted by Crippen LogP contribution is -2.61. The number of nitrogens with zero attached hydrogens (tertiary/aromatic N) is 1. The van der Waals surface area contributed by atoms with Crippen LogP contribution in [0.1, 0.15) is 59.4 Å². The summed E-state index contributed by atoms with van der Waals surface area (Å²) in [6, 6.07) is 7.43. The first-order valence-electron chi connectivity index (χ1n) is 11.2. The number of carbonyl (C=O) groups is 2. The molecule has 2 bridgehead atoms. The molecule has 3 fully saturated rings. The Bertz CT molecular complexity index is 877. The van der Waals surface area contributed by atoms with Crippen molar-refractivity contribution in [1.82, 2.24) is 0 Å². The molecule has 1 aromatic carbocycles. The predicted octanol–water partition coefficient (Wildman–Crippen LogP) is 4.58. The van der Waals surface area contributed by atoms with Gasteiger partial charge in [-0.2, -0.15) is 0 Å². The zero-order valence-corrected chi connectivity index (χ0v) is 19.2. The van der Waals surface area contributed by atoms with E-state index in [2.05, 4.69) is 20.8 Å². The summed E-state index contributed by atoms with van der Waals surface area (Å²) in [5.41, 5.74) is 2.77. The van der Waals surface area contributed by atoms with Gasteiger partial charge in [0.05, 0.1) is 12.3 Å². The van der Waals surface area contributed by atoms with E-state index in [1.54, 1.807) is 26.0 Å². The summed E-state index contributed by atoms with van der Waals surface area (Å²) in [7, 11) is 0. The molecule has 3 aliphatic carbocycles. The van der Waals surface area contributed by atoms with Crippen molar-refractivity contribution in [3.8, 4) is 0 Å². The smallest absolute Gasteiger partial charge is 0.261 e. The van der Waals surface area contributed by atoms with Gasteiger partial charge in [-0.05, 0) is 81.4 Å². The lowest BCUT2D eigenvalue weighted by molar-refractivity contribution is -0.421. The highest BCUT2D eigenvalue weighted by atomic mass is 17.2. The van der Waals surface area contributed by atoms with E-state index in [-0.39, 0.29) is 24.2 Å². The van der Waals surface area contributed by atoms with Crippen LogP contribution in [0.25, 0.3) is 0 Å². The number of anilines is 1. The molecule has 0 saturated heterocycles. The molecule has 1 aliphatic heterocycles. The molecule has 1 heterocycles. The molecule has 6 nitrogen and oxygen atoms in total. The monoisotopic (exact) mass is 427 g/mol. The predicted molar refractivity (Wildman–Crippen MR) is 117 cm³/mol. The lowest BCUT2D eigenvalue weighted by Gasteiger charge is -2.63. The number of fused-ring (bicyclic) bond motifs is 2. The maximum absolute atomic E-state index is 12.3. The number of hydrogen-bond donors (Lipinski definition) is 0. The van der Waals surface area contributed by atoms with Gasteiger partial charge in [-0.3, -0.25) is 9.59 Å². The number of carbonyl (C=O) groups excluding carboxylic acids is 2. The van der Waals surface area contributed by atoms with Crippen molar-refractivity contribution < 1.29 is 24.1 Å². The van der Waals surface area contributed by atoms with Crippen molar-refractivity contribution in [2.45, 2.75) is 65.9 Å². The van der Waals surface area contributed by atoms with Crippen molar-refractivity contribution >= 4 is 17.5 Å². The molecule has 3 unspecified atom stereocenters. The van der Waals surface area contributed by atoms with Crippen molar-refractivity contribution in [3.63, 3.8) is 0 Å². The maximum atomic E-state index is 12.3. The Labute approximate surface area is 184 Å². The van der Waals surface area contributed by atoms with Gasteiger partial charge in [-0.1, -0.05) is 26.0 Å². The molecule has 31 heavy (non-hydrogen) atoms. The zero-order chi connectivity index (χ0) is 22.4. The molecule has 5 rings (SSSR count). The van der Waals surface area contributed by atoms with Crippen LogP contribution in [-0.4, -0.2) is 30.8 Å². The molecule has 3 atom stereocenters.